The van der Waals surface area contributed by atoms with E-state index in [-0.39, 0.29) is 12.3 Å². The zero-order valence-electron chi connectivity index (χ0n) is 12.4. The lowest BCUT2D eigenvalue weighted by molar-refractivity contribution is 0.0686. The van der Waals surface area contributed by atoms with Gasteiger partial charge in [0.2, 0.25) is 0 Å². The van der Waals surface area contributed by atoms with Gasteiger partial charge in [0.05, 0.1) is 0 Å². The second kappa shape index (κ2) is 5.52. The van der Waals surface area contributed by atoms with Crippen molar-refractivity contribution >= 4 is 11.6 Å². The van der Waals surface area contributed by atoms with E-state index in [1.54, 1.807) is 10.6 Å². The van der Waals surface area contributed by atoms with Gasteiger partial charge in [-0.1, -0.05) is 17.7 Å². The summed E-state index contributed by atoms with van der Waals surface area (Å²) in [7, 11) is 0. The van der Waals surface area contributed by atoms with Crippen molar-refractivity contribution in [2.75, 3.05) is 0 Å². The summed E-state index contributed by atoms with van der Waals surface area (Å²) < 4.78 is 7.23. The lowest BCUT2D eigenvalue weighted by atomic mass is 10.2. The molecule has 5 nitrogen and oxygen atoms in total. The number of carboxylic acids is 1. The summed E-state index contributed by atoms with van der Waals surface area (Å²) in [6.07, 6.45) is 1.72. The molecule has 0 bridgehead atoms. The molecule has 0 radical (unpaired) electrons. The van der Waals surface area contributed by atoms with Crippen LogP contribution < -0.4 is 4.74 Å². The number of carboxylic acid groups (broad SMARTS) is 1. The van der Waals surface area contributed by atoms with Crippen LogP contribution in [0.2, 0.25) is 0 Å². The SMILES string of the molecule is Cc1ccc(OCc2nc3cc(C)ccn3c2C(=O)O)cc1. The van der Waals surface area contributed by atoms with Gasteiger partial charge in [0.15, 0.2) is 5.69 Å². The summed E-state index contributed by atoms with van der Waals surface area (Å²) in [4.78, 5) is 15.9. The van der Waals surface area contributed by atoms with Crippen LogP contribution in [0.4, 0.5) is 0 Å². The van der Waals surface area contributed by atoms with Gasteiger partial charge in [-0.05, 0) is 43.7 Å². The highest BCUT2D eigenvalue weighted by Crippen LogP contribution is 2.18. The van der Waals surface area contributed by atoms with Gasteiger partial charge in [0, 0.05) is 6.20 Å². The minimum atomic E-state index is -1.01. The fraction of sp³-hybridized carbons (Fsp3) is 0.176. The molecule has 22 heavy (non-hydrogen) atoms. The van der Waals surface area contributed by atoms with Crippen molar-refractivity contribution in [2.24, 2.45) is 0 Å². The van der Waals surface area contributed by atoms with Gasteiger partial charge in [-0.25, -0.2) is 9.78 Å². The largest absolute Gasteiger partial charge is 0.487 e. The van der Waals surface area contributed by atoms with Crippen molar-refractivity contribution in [1.29, 1.82) is 0 Å². The summed E-state index contributed by atoms with van der Waals surface area (Å²) in [5.74, 6) is -0.325. The molecular weight excluding hydrogens is 280 g/mol. The molecule has 0 saturated carbocycles. The molecule has 0 aliphatic carbocycles. The smallest absolute Gasteiger partial charge is 0.354 e. The highest BCUT2D eigenvalue weighted by molar-refractivity contribution is 5.88. The second-order valence-corrected chi connectivity index (χ2v) is 5.25. The normalized spacial score (nSPS) is 10.8. The number of aromatic nitrogens is 2. The van der Waals surface area contributed by atoms with Crippen LogP contribution in [0, 0.1) is 13.8 Å². The Labute approximate surface area is 127 Å². The fourth-order valence-corrected chi connectivity index (χ4v) is 2.31. The van der Waals surface area contributed by atoms with Crippen LogP contribution in [0.5, 0.6) is 5.75 Å². The molecule has 0 aliphatic rings. The lowest BCUT2D eigenvalue weighted by Crippen LogP contribution is -2.07. The molecule has 0 amide bonds. The van der Waals surface area contributed by atoms with E-state index >= 15 is 0 Å². The number of fused-ring (bicyclic) bond motifs is 1. The summed E-state index contributed by atoms with van der Waals surface area (Å²) in [5.41, 5.74) is 3.34. The second-order valence-electron chi connectivity index (χ2n) is 5.25. The molecular formula is C17H16N2O3. The number of aryl methyl sites for hydroxylation is 2. The van der Waals surface area contributed by atoms with Gasteiger partial charge in [-0.2, -0.15) is 0 Å². The minimum Gasteiger partial charge on any atom is -0.487 e. The summed E-state index contributed by atoms with van der Waals surface area (Å²) >= 11 is 0. The van der Waals surface area contributed by atoms with Gasteiger partial charge in [0.1, 0.15) is 23.7 Å². The molecule has 0 unspecified atom stereocenters. The Morgan fingerprint density at radius 2 is 1.91 bits per heavy atom. The number of pyridine rings is 1. The number of carbonyl (C=O) groups is 1. The minimum absolute atomic E-state index is 0.116. The predicted molar refractivity (Wildman–Crippen MR) is 82.4 cm³/mol. The Morgan fingerprint density at radius 3 is 2.59 bits per heavy atom. The molecule has 0 aliphatic heterocycles. The molecule has 1 N–H and O–H groups in total. The molecule has 0 spiro atoms. The Kier molecular flexibility index (Phi) is 3.55. The van der Waals surface area contributed by atoms with Crippen LogP contribution in [-0.2, 0) is 6.61 Å². The summed E-state index contributed by atoms with van der Waals surface area (Å²) in [6, 6.07) is 11.3. The van der Waals surface area contributed by atoms with Gasteiger partial charge in [-0.15, -0.1) is 0 Å². The van der Waals surface area contributed by atoms with Crippen LogP contribution in [0.15, 0.2) is 42.6 Å². The third-order valence-electron chi connectivity index (χ3n) is 3.45. The highest BCUT2D eigenvalue weighted by Gasteiger charge is 2.19. The molecule has 0 saturated heterocycles. The van der Waals surface area contributed by atoms with Crippen LogP contribution in [-0.4, -0.2) is 20.5 Å². The van der Waals surface area contributed by atoms with Crippen molar-refractivity contribution in [2.45, 2.75) is 20.5 Å². The first kappa shape index (κ1) is 14.1. The van der Waals surface area contributed by atoms with E-state index in [4.69, 9.17) is 4.74 Å². The average molecular weight is 296 g/mol. The number of hydrogen-bond acceptors (Lipinski definition) is 3. The number of rotatable bonds is 4. The summed E-state index contributed by atoms with van der Waals surface area (Å²) in [5, 5.41) is 9.44. The molecule has 112 valence electrons. The third-order valence-corrected chi connectivity index (χ3v) is 3.45. The Hall–Kier alpha value is -2.82. The lowest BCUT2D eigenvalue weighted by Gasteiger charge is -2.05. The Balaban J connectivity index is 1.94. The fourth-order valence-electron chi connectivity index (χ4n) is 2.31. The number of benzene rings is 1. The van der Waals surface area contributed by atoms with Crippen molar-refractivity contribution in [3.05, 3.63) is 65.1 Å². The van der Waals surface area contributed by atoms with Crippen molar-refractivity contribution < 1.29 is 14.6 Å². The molecule has 0 fully saturated rings. The maximum absolute atomic E-state index is 11.5. The first-order valence-electron chi connectivity index (χ1n) is 6.95. The first-order valence-corrected chi connectivity index (χ1v) is 6.95. The van der Waals surface area contributed by atoms with E-state index in [0.717, 1.165) is 11.1 Å². The first-order chi connectivity index (χ1) is 10.5. The number of imidazole rings is 1. The Bertz CT molecular complexity index is 835. The third kappa shape index (κ3) is 2.65. The van der Waals surface area contributed by atoms with Gasteiger partial charge in [0.25, 0.3) is 0 Å². The van der Waals surface area contributed by atoms with E-state index in [0.29, 0.717) is 17.1 Å². The molecule has 3 aromatic rings. The van der Waals surface area contributed by atoms with E-state index in [1.165, 1.54) is 0 Å². The number of ether oxygens (including phenoxy) is 1. The van der Waals surface area contributed by atoms with Crippen molar-refractivity contribution in [1.82, 2.24) is 9.38 Å². The molecule has 3 rings (SSSR count). The van der Waals surface area contributed by atoms with Gasteiger partial charge < -0.3 is 9.84 Å². The van der Waals surface area contributed by atoms with Crippen LogP contribution in [0.1, 0.15) is 27.3 Å². The van der Waals surface area contributed by atoms with Gasteiger partial charge >= 0.3 is 5.97 Å². The van der Waals surface area contributed by atoms with Crippen LogP contribution in [0.25, 0.3) is 5.65 Å². The number of hydrogen-bond donors (Lipinski definition) is 1. The van der Waals surface area contributed by atoms with Crippen LogP contribution >= 0.6 is 0 Å². The monoisotopic (exact) mass is 296 g/mol. The maximum Gasteiger partial charge on any atom is 0.354 e. The predicted octanol–water partition coefficient (Wildman–Crippen LogP) is 3.23. The molecule has 2 heterocycles. The number of nitrogens with zero attached hydrogens (tertiary/aromatic N) is 2. The van der Waals surface area contributed by atoms with Crippen molar-refractivity contribution in [3.63, 3.8) is 0 Å². The molecule has 1 aromatic carbocycles. The van der Waals surface area contributed by atoms with E-state index in [2.05, 4.69) is 4.98 Å². The average Bonchev–Trinajstić information content (AvgIpc) is 2.84. The van der Waals surface area contributed by atoms with E-state index in [9.17, 15) is 9.90 Å². The zero-order valence-corrected chi connectivity index (χ0v) is 12.4. The van der Waals surface area contributed by atoms with Crippen LogP contribution in [0.3, 0.4) is 0 Å². The topological polar surface area (TPSA) is 63.8 Å². The molecule has 0 atom stereocenters. The Morgan fingerprint density at radius 1 is 1.18 bits per heavy atom. The summed E-state index contributed by atoms with van der Waals surface area (Å²) in [6.45, 7) is 4.06. The van der Waals surface area contributed by atoms with E-state index in [1.807, 2.05) is 50.2 Å². The van der Waals surface area contributed by atoms with Gasteiger partial charge in [-0.3, -0.25) is 4.40 Å². The standard InChI is InChI=1S/C17H16N2O3/c1-11-3-5-13(6-4-11)22-10-14-16(17(20)21)19-8-7-12(2)9-15(19)18-14/h3-9H,10H2,1-2H3,(H,20,21). The van der Waals surface area contributed by atoms with Crippen molar-refractivity contribution in [3.8, 4) is 5.75 Å². The number of aromatic carboxylic acids is 1. The molecule has 2 aromatic heterocycles. The maximum atomic E-state index is 11.5. The van der Waals surface area contributed by atoms with E-state index < -0.39 is 5.97 Å². The zero-order chi connectivity index (χ0) is 15.7. The highest BCUT2D eigenvalue weighted by atomic mass is 16.5. The quantitative estimate of drug-likeness (QED) is 0.803. The molecule has 5 heteroatoms.